The molecule has 0 aliphatic rings. The van der Waals surface area contributed by atoms with Crippen molar-refractivity contribution < 1.29 is 14.3 Å². The highest BCUT2D eigenvalue weighted by Crippen LogP contribution is 2.18. The van der Waals surface area contributed by atoms with Crippen molar-refractivity contribution in [3.8, 4) is 5.69 Å². The molecule has 2 aromatic rings. The first-order valence-electron chi connectivity index (χ1n) is 8.45. The van der Waals surface area contributed by atoms with E-state index in [-0.39, 0.29) is 37.4 Å². The summed E-state index contributed by atoms with van der Waals surface area (Å²) < 4.78 is 6.88. The fraction of sp³-hybridized carbons (Fsp3) is 0.421. The van der Waals surface area contributed by atoms with Crippen molar-refractivity contribution in [2.24, 2.45) is 0 Å². The Morgan fingerprint density at radius 2 is 1.88 bits per heavy atom. The lowest BCUT2D eigenvalue weighted by atomic mass is 10.1. The van der Waals surface area contributed by atoms with Crippen molar-refractivity contribution in [2.45, 2.75) is 46.6 Å². The van der Waals surface area contributed by atoms with Gasteiger partial charge in [-0.3, -0.25) is 9.59 Å². The minimum absolute atomic E-state index is 0.129. The summed E-state index contributed by atoms with van der Waals surface area (Å²) in [6.07, 6.45) is 0.270. The Balaban J connectivity index is 1.95. The zero-order chi connectivity index (χ0) is 18.4. The van der Waals surface area contributed by atoms with Gasteiger partial charge in [-0.1, -0.05) is 18.2 Å². The van der Waals surface area contributed by atoms with E-state index in [4.69, 9.17) is 4.74 Å². The van der Waals surface area contributed by atoms with Crippen molar-refractivity contribution in [3.05, 3.63) is 47.3 Å². The molecule has 0 saturated heterocycles. The van der Waals surface area contributed by atoms with Crippen LogP contribution >= 0.6 is 0 Å². The molecule has 0 spiro atoms. The van der Waals surface area contributed by atoms with Crippen molar-refractivity contribution in [2.75, 3.05) is 6.54 Å². The summed E-state index contributed by atoms with van der Waals surface area (Å²) in [5, 5.41) is 7.30. The molecule has 1 N–H and O–H groups in total. The van der Waals surface area contributed by atoms with Crippen LogP contribution in [0.2, 0.25) is 0 Å². The van der Waals surface area contributed by atoms with Gasteiger partial charge in [0.1, 0.15) is 0 Å². The van der Waals surface area contributed by atoms with Crippen LogP contribution in [0.1, 0.15) is 37.2 Å². The van der Waals surface area contributed by atoms with Crippen LogP contribution in [0.15, 0.2) is 30.3 Å². The number of benzene rings is 1. The number of nitrogens with zero attached hydrogens (tertiary/aromatic N) is 2. The van der Waals surface area contributed by atoms with Gasteiger partial charge in [-0.2, -0.15) is 5.10 Å². The van der Waals surface area contributed by atoms with Gasteiger partial charge in [-0.15, -0.1) is 0 Å². The van der Waals surface area contributed by atoms with E-state index in [0.29, 0.717) is 0 Å². The van der Waals surface area contributed by atoms with E-state index in [1.54, 1.807) is 13.8 Å². The van der Waals surface area contributed by atoms with Crippen LogP contribution in [-0.4, -0.2) is 34.3 Å². The molecule has 1 aromatic heterocycles. The van der Waals surface area contributed by atoms with Crippen molar-refractivity contribution in [1.29, 1.82) is 0 Å². The Morgan fingerprint density at radius 1 is 1.20 bits per heavy atom. The zero-order valence-electron chi connectivity index (χ0n) is 15.2. The van der Waals surface area contributed by atoms with Crippen LogP contribution < -0.4 is 5.32 Å². The highest BCUT2D eigenvalue weighted by Gasteiger charge is 2.16. The van der Waals surface area contributed by atoms with Crippen LogP contribution in [0.3, 0.4) is 0 Å². The van der Waals surface area contributed by atoms with Crippen molar-refractivity contribution in [3.63, 3.8) is 0 Å². The number of esters is 1. The molecular formula is C19H25N3O3. The van der Waals surface area contributed by atoms with E-state index in [2.05, 4.69) is 10.4 Å². The Morgan fingerprint density at radius 3 is 2.52 bits per heavy atom. The van der Waals surface area contributed by atoms with Gasteiger partial charge in [0.05, 0.1) is 30.3 Å². The molecule has 0 aliphatic heterocycles. The molecule has 0 radical (unpaired) electrons. The predicted octanol–water partition coefficient (Wildman–Crippen LogP) is 2.49. The lowest BCUT2D eigenvalue weighted by Crippen LogP contribution is -2.28. The second-order valence-electron chi connectivity index (χ2n) is 6.21. The zero-order valence-corrected chi connectivity index (χ0v) is 15.2. The smallest absolute Gasteiger partial charge is 0.307 e. The molecular weight excluding hydrogens is 318 g/mol. The molecule has 0 saturated carbocycles. The second kappa shape index (κ2) is 8.46. The average molecular weight is 343 g/mol. The topological polar surface area (TPSA) is 73.2 Å². The quantitative estimate of drug-likeness (QED) is 0.784. The van der Waals surface area contributed by atoms with Crippen LogP contribution in [0.5, 0.6) is 0 Å². The van der Waals surface area contributed by atoms with Gasteiger partial charge < -0.3 is 10.1 Å². The molecule has 25 heavy (non-hydrogen) atoms. The molecule has 6 heteroatoms. The van der Waals surface area contributed by atoms with Gasteiger partial charge in [-0.05, 0) is 39.8 Å². The molecule has 2 rings (SSSR count). The fourth-order valence-corrected chi connectivity index (χ4v) is 2.60. The Kier molecular flexibility index (Phi) is 6.33. The Labute approximate surface area is 148 Å². The summed E-state index contributed by atoms with van der Waals surface area (Å²) in [7, 11) is 0. The van der Waals surface area contributed by atoms with Crippen LogP contribution in [0.25, 0.3) is 5.69 Å². The molecule has 1 aromatic carbocycles. The van der Waals surface area contributed by atoms with Crippen molar-refractivity contribution in [1.82, 2.24) is 15.1 Å². The lowest BCUT2D eigenvalue weighted by molar-refractivity contribution is -0.147. The monoisotopic (exact) mass is 343 g/mol. The number of carbonyl (C=O) groups is 2. The Bertz CT molecular complexity index is 736. The largest absolute Gasteiger partial charge is 0.463 e. The van der Waals surface area contributed by atoms with Gasteiger partial charge in [0.2, 0.25) is 5.91 Å². The summed E-state index contributed by atoms with van der Waals surface area (Å²) in [4.78, 5) is 23.6. The number of ether oxygens (including phenoxy) is 1. The van der Waals surface area contributed by atoms with Gasteiger partial charge in [-0.25, -0.2) is 4.68 Å². The maximum Gasteiger partial charge on any atom is 0.307 e. The van der Waals surface area contributed by atoms with Crippen LogP contribution in [0, 0.1) is 13.8 Å². The third-order valence-corrected chi connectivity index (χ3v) is 3.80. The van der Waals surface area contributed by atoms with E-state index < -0.39 is 0 Å². The standard InChI is InChI=1S/C19H25N3O3/c1-13(2)25-19(24)10-11-20-18(23)12-17-14(3)21-22(15(17)4)16-8-6-5-7-9-16/h5-9,13H,10-12H2,1-4H3,(H,20,23). The van der Waals surface area contributed by atoms with Gasteiger partial charge in [0.15, 0.2) is 0 Å². The summed E-state index contributed by atoms with van der Waals surface area (Å²) in [6.45, 7) is 7.72. The van der Waals surface area contributed by atoms with Crippen molar-refractivity contribution >= 4 is 11.9 Å². The lowest BCUT2D eigenvalue weighted by Gasteiger charge is -2.09. The fourth-order valence-electron chi connectivity index (χ4n) is 2.60. The first kappa shape index (κ1) is 18.7. The van der Waals surface area contributed by atoms with E-state index in [9.17, 15) is 9.59 Å². The molecule has 1 heterocycles. The van der Waals surface area contributed by atoms with E-state index in [1.165, 1.54) is 0 Å². The SMILES string of the molecule is Cc1nn(-c2ccccc2)c(C)c1CC(=O)NCCC(=O)OC(C)C. The summed E-state index contributed by atoms with van der Waals surface area (Å²) in [6, 6.07) is 9.81. The molecule has 0 unspecified atom stereocenters. The van der Waals surface area contributed by atoms with E-state index in [0.717, 1.165) is 22.6 Å². The molecule has 0 fully saturated rings. The minimum atomic E-state index is -0.306. The van der Waals surface area contributed by atoms with E-state index >= 15 is 0 Å². The minimum Gasteiger partial charge on any atom is -0.463 e. The first-order valence-corrected chi connectivity index (χ1v) is 8.45. The maximum absolute atomic E-state index is 12.2. The van der Waals surface area contributed by atoms with Crippen LogP contribution in [0.4, 0.5) is 0 Å². The van der Waals surface area contributed by atoms with Gasteiger partial charge in [0.25, 0.3) is 0 Å². The molecule has 6 nitrogen and oxygen atoms in total. The normalized spacial score (nSPS) is 10.8. The molecule has 1 amide bonds. The van der Waals surface area contributed by atoms with Gasteiger partial charge >= 0.3 is 5.97 Å². The average Bonchev–Trinajstić information content (AvgIpc) is 2.83. The highest BCUT2D eigenvalue weighted by molar-refractivity contribution is 5.80. The number of aromatic nitrogens is 2. The Hall–Kier alpha value is -2.63. The molecule has 134 valence electrons. The number of para-hydroxylation sites is 1. The molecule has 0 atom stereocenters. The maximum atomic E-state index is 12.2. The number of rotatable bonds is 7. The predicted molar refractivity (Wildman–Crippen MR) is 95.6 cm³/mol. The van der Waals surface area contributed by atoms with Gasteiger partial charge in [0, 0.05) is 17.8 Å². The number of hydrogen-bond donors (Lipinski definition) is 1. The number of amides is 1. The second-order valence-corrected chi connectivity index (χ2v) is 6.21. The number of hydrogen-bond acceptors (Lipinski definition) is 4. The summed E-state index contributed by atoms with van der Waals surface area (Å²) in [5.41, 5.74) is 3.64. The third-order valence-electron chi connectivity index (χ3n) is 3.80. The van der Waals surface area contributed by atoms with E-state index in [1.807, 2.05) is 48.9 Å². The number of nitrogens with one attached hydrogen (secondary N) is 1. The first-order chi connectivity index (χ1) is 11.9. The van der Waals surface area contributed by atoms with Crippen LogP contribution in [-0.2, 0) is 20.7 Å². The number of carbonyl (C=O) groups excluding carboxylic acids is 2. The highest BCUT2D eigenvalue weighted by atomic mass is 16.5. The number of aryl methyl sites for hydroxylation is 1. The molecule has 0 bridgehead atoms. The summed E-state index contributed by atoms with van der Waals surface area (Å²) >= 11 is 0. The third kappa shape index (κ3) is 5.17. The summed E-state index contributed by atoms with van der Waals surface area (Å²) in [5.74, 6) is -0.435. The molecule has 0 aliphatic carbocycles.